The summed E-state index contributed by atoms with van der Waals surface area (Å²) in [6.07, 6.45) is 1.15. The molecule has 0 amide bonds. The van der Waals surface area contributed by atoms with Crippen molar-refractivity contribution >= 4 is 152 Å². The summed E-state index contributed by atoms with van der Waals surface area (Å²) in [6.45, 7) is 2.01. The molecule has 0 aliphatic heterocycles. The predicted octanol–water partition coefficient (Wildman–Crippen LogP) is 9.85. The monoisotopic (exact) mass is 1110 g/mol. The molecule has 3 rings (SSSR count). The second-order valence-corrected chi connectivity index (χ2v) is 16.2. The van der Waals surface area contributed by atoms with Gasteiger partial charge in [0, 0.05) is 32.7 Å². The molecule has 0 aliphatic carbocycles. The molecule has 0 fully saturated rings. The predicted molar refractivity (Wildman–Crippen MR) is 179 cm³/mol. The topological polar surface area (TPSA) is 26.3 Å². The van der Waals surface area contributed by atoms with Crippen LogP contribution in [0.1, 0.15) is 19.8 Å². The average molecular weight is 1110 g/mol. The van der Waals surface area contributed by atoms with E-state index in [-0.39, 0.29) is 5.97 Å². The van der Waals surface area contributed by atoms with Gasteiger partial charge in [0.15, 0.2) is 0 Å². The fourth-order valence-corrected chi connectivity index (χ4v) is 17.1. The first-order valence-electron chi connectivity index (χ1n) is 9.10. The smallest absolute Gasteiger partial charge is 0.317 e. The lowest BCUT2D eigenvalue weighted by molar-refractivity contribution is -0.133. The Morgan fingerprint density at radius 1 is 0.774 bits per heavy atom. The Kier molecular flexibility index (Phi) is 10.8. The van der Waals surface area contributed by atoms with Gasteiger partial charge in [-0.2, -0.15) is 0 Å². The molecule has 31 heavy (non-hydrogen) atoms. The van der Waals surface area contributed by atoms with Crippen LogP contribution in [0.5, 0.6) is 0 Å². The molecular weight excluding hydrogens is 1090 g/mol. The number of hydrogen-bond donors (Lipinski definition) is 0. The maximum Gasteiger partial charge on any atom is 0.317 e. The summed E-state index contributed by atoms with van der Waals surface area (Å²) >= 11 is 14.3. The minimum Gasteiger partial charge on any atom is -0.402 e. The molecule has 2 nitrogen and oxygen atoms in total. The number of rotatable bonds is 6. The molecule has 0 spiro atoms. The van der Waals surface area contributed by atoms with E-state index in [9.17, 15) is 4.79 Å². The van der Waals surface area contributed by atoms with Gasteiger partial charge in [-0.05, 0) is 189 Å². The van der Waals surface area contributed by atoms with E-state index in [0.29, 0.717) is 6.42 Å². The van der Waals surface area contributed by atoms with Gasteiger partial charge in [0.25, 0.3) is 0 Å². The lowest BCUT2D eigenvalue weighted by Gasteiger charge is -2.42. The van der Waals surface area contributed by atoms with Gasteiger partial charge in [0.05, 0.1) is 9.79 Å². The lowest BCUT2D eigenvalue weighted by atomic mass is 10.3. The van der Waals surface area contributed by atoms with Crippen LogP contribution in [0.15, 0.2) is 69.3 Å². The first kappa shape index (κ1) is 27.4. The summed E-state index contributed by atoms with van der Waals surface area (Å²) in [5.74, 6) is -0.156. The van der Waals surface area contributed by atoms with Crippen LogP contribution in [0.3, 0.4) is 0 Å². The number of halogens is 6. The third-order valence-electron chi connectivity index (χ3n) is 4.25. The van der Waals surface area contributed by atoms with Crippen molar-refractivity contribution in [1.29, 1.82) is 0 Å². The first-order chi connectivity index (χ1) is 14.7. The summed E-state index contributed by atoms with van der Waals surface area (Å²) in [5.41, 5.74) is 0. The van der Waals surface area contributed by atoms with Crippen molar-refractivity contribution in [3.05, 3.63) is 76.0 Å². The highest BCUT2D eigenvalue weighted by molar-refractivity contribution is 14.1. The van der Waals surface area contributed by atoms with Gasteiger partial charge in [0.1, 0.15) is 0 Å². The van der Waals surface area contributed by atoms with Crippen molar-refractivity contribution in [3.63, 3.8) is 0 Å². The average Bonchev–Trinajstić information content (AvgIpc) is 2.67. The van der Waals surface area contributed by atoms with Crippen molar-refractivity contribution in [3.8, 4) is 0 Å². The zero-order valence-electron chi connectivity index (χ0n) is 16.1. The highest BCUT2D eigenvalue weighted by Crippen LogP contribution is 2.72. The Labute approximate surface area is 266 Å². The second kappa shape index (κ2) is 12.2. The van der Waals surface area contributed by atoms with E-state index in [1.54, 1.807) is 0 Å². The van der Waals surface area contributed by atoms with Gasteiger partial charge in [-0.1, -0.05) is 25.1 Å². The Balaban J connectivity index is 2.52. The summed E-state index contributed by atoms with van der Waals surface area (Å²) in [6, 6.07) is 19.0. The standard InChI is InChI=1S/C22H16I6O2S/c1-2-6-20(29)30-31(15-7-4-3-5-8-15,21-16(25)9-13(23)10-17(21)26)22-18(27)11-14(24)12-19(22)28/h3-5,7-12H,2,6H2,1H3. The second-order valence-electron chi connectivity index (χ2n) is 6.47. The zero-order chi connectivity index (χ0) is 22.8. The van der Waals surface area contributed by atoms with Crippen molar-refractivity contribution in [1.82, 2.24) is 0 Å². The number of carbonyl (C=O) groups is 1. The van der Waals surface area contributed by atoms with Gasteiger partial charge in [-0.3, -0.25) is 4.79 Å². The quantitative estimate of drug-likeness (QED) is 0.230. The van der Waals surface area contributed by atoms with Gasteiger partial charge in [-0.25, -0.2) is 0 Å². The molecule has 0 atom stereocenters. The van der Waals surface area contributed by atoms with Crippen LogP contribution >= 0.6 is 146 Å². The molecule has 0 aromatic heterocycles. The molecule has 0 heterocycles. The third-order valence-corrected chi connectivity index (χ3v) is 13.8. The van der Waals surface area contributed by atoms with Gasteiger partial charge in [0.2, 0.25) is 0 Å². The van der Waals surface area contributed by atoms with Gasteiger partial charge < -0.3 is 4.18 Å². The highest BCUT2D eigenvalue weighted by atomic mass is 127. The number of carbonyl (C=O) groups excluding carboxylic acids is 1. The Morgan fingerprint density at radius 2 is 1.19 bits per heavy atom. The zero-order valence-corrected chi connectivity index (χ0v) is 29.9. The van der Waals surface area contributed by atoms with Crippen LogP contribution in [0.25, 0.3) is 0 Å². The van der Waals surface area contributed by atoms with Crippen molar-refractivity contribution in [2.24, 2.45) is 0 Å². The van der Waals surface area contributed by atoms with Gasteiger partial charge in [-0.15, -0.1) is 0 Å². The summed E-state index contributed by atoms with van der Waals surface area (Å²) in [5, 5.41) is 0. The van der Waals surface area contributed by atoms with Gasteiger partial charge >= 0.3 is 5.97 Å². The van der Waals surface area contributed by atoms with Crippen molar-refractivity contribution < 1.29 is 8.98 Å². The number of hydrogen-bond acceptors (Lipinski definition) is 2. The molecule has 0 radical (unpaired) electrons. The van der Waals surface area contributed by atoms with Crippen LogP contribution in [-0.4, -0.2) is 5.97 Å². The molecular formula is C22H16I6O2S. The summed E-state index contributed by atoms with van der Waals surface area (Å²) in [4.78, 5) is 16.4. The van der Waals surface area contributed by atoms with Crippen molar-refractivity contribution in [2.75, 3.05) is 0 Å². The molecule has 164 valence electrons. The van der Waals surface area contributed by atoms with E-state index >= 15 is 0 Å². The van der Waals surface area contributed by atoms with Crippen LogP contribution in [0.2, 0.25) is 0 Å². The largest absolute Gasteiger partial charge is 0.402 e. The maximum atomic E-state index is 13.1. The fourth-order valence-electron chi connectivity index (χ4n) is 3.07. The minimum absolute atomic E-state index is 0.156. The molecule has 0 saturated heterocycles. The third kappa shape index (κ3) is 6.17. The van der Waals surface area contributed by atoms with E-state index in [2.05, 4.69) is 172 Å². The molecule has 9 heteroatoms. The summed E-state index contributed by atoms with van der Waals surface area (Å²) in [7, 11) is -2.30. The molecule has 3 aromatic rings. The molecule has 0 bridgehead atoms. The molecule has 0 N–H and O–H groups in total. The maximum absolute atomic E-state index is 13.1. The Morgan fingerprint density at radius 3 is 1.58 bits per heavy atom. The lowest BCUT2D eigenvalue weighted by Crippen LogP contribution is -2.17. The van der Waals surface area contributed by atoms with E-state index in [0.717, 1.165) is 35.4 Å². The Hall–Kier alpha value is 1.86. The Bertz CT molecular complexity index is 1020. The van der Waals surface area contributed by atoms with Crippen LogP contribution in [0.4, 0.5) is 0 Å². The highest BCUT2D eigenvalue weighted by Gasteiger charge is 2.41. The van der Waals surface area contributed by atoms with E-state index in [1.165, 1.54) is 7.14 Å². The number of benzene rings is 3. The van der Waals surface area contributed by atoms with Crippen LogP contribution < -0.4 is 0 Å². The summed E-state index contributed by atoms with van der Waals surface area (Å²) < 4.78 is 13.5. The molecule has 0 saturated carbocycles. The van der Waals surface area contributed by atoms with E-state index < -0.39 is 10.3 Å². The molecule has 3 aromatic carbocycles. The van der Waals surface area contributed by atoms with Crippen LogP contribution in [0, 0.1) is 21.4 Å². The van der Waals surface area contributed by atoms with E-state index in [4.69, 9.17) is 4.18 Å². The molecule has 0 aliphatic rings. The van der Waals surface area contributed by atoms with Crippen molar-refractivity contribution in [2.45, 2.75) is 34.5 Å². The minimum atomic E-state index is -2.30. The first-order valence-corrected chi connectivity index (χ1v) is 17.1. The molecule has 0 unspecified atom stereocenters. The van der Waals surface area contributed by atoms with Crippen LogP contribution in [-0.2, 0) is 8.98 Å². The fraction of sp³-hybridized carbons (Fsp3) is 0.136. The van der Waals surface area contributed by atoms with E-state index in [1.807, 2.05) is 25.1 Å². The normalized spacial score (nSPS) is 12.0. The SMILES string of the molecule is CCCC(=O)OS(c1ccccc1)(c1c(I)cc(I)cc1I)c1c(I)cc(I)cc1I.